The van der Waals surface area contributed by atoms with Crippen molar-refractivity contribution in [3.63, 3.8) is 0 Å². The molecule has 0 amide bonds. The normalized spacial score (nSPS) is 31.8. The maximum atomic E-state index is 6.17. The topological polar surface area (TPSA) is 26.0 Å². The molecule has 0 aromatic heterocycles. The summed E-state index contributed by atoms with van der Waals surface area (Å²) in [5, 5.41) is 0. The Morgan fingerprint density at radius 1 is 1.54 bits per heavy atom. The highest BCUT2D eigenvalue weighted by Crippen LogP contribution is 2.51. The number of nitrogens with two attached hydrogens (primary N) is 1. The summed E-state index contributed by atoms with van der Waals surface area (Å²) < 4.78 is 0. The summed E-state index contributed by atoms with van der Waals surface area (Å²) in [5.41, 5.74) is 9.03. The lowest BCUT2D eigenvalue weighted by molar-refractivity contribution is 0.626. The van der Waals surface area contributed by atoms with Gasteiger partial charge in [-0.2, -0.15) is 0 Å². The van der Waals surface area contributed by atoms with Crippen LogP contribution in [0.25, 0.3) is 0 Å². The predicted molar refractivity (Wildman–Crippen MR) is 55.7 cm³/mol. The molecule has 2 unspecified atom stereocenters. The van der Waals surface area contributed by atoms with E-state index in [0.29, 0.717) is 5.92 Å². The summed E-state index contributed by atoms with van der Waals surface area (Å²) in [4.78, 5) is 0. The van der Waals surface area contributed by atoms with Crippen LogP contribution in [0.4, 0.5) is 0 Å². The number of aryl methyl sites for hydroxylation is 1. The van der Waals surface area contributed by atoms with Crippen LogP contribution >= 0.6 is 0 Å². The molecule has 1 heteroatoms. The summed E-state index contributed by atoms with van der Waals surface area (Å²) in [6, 6.07) is 8.71. The van der Waals surface area contributed by atoms with Gasteiger partial charge in [0.2, 0.25) is 0 Å². The summed E-state index contributed by atoms with van der Waals surface area (Å²) >= 11 is 0. The van der Waals surface area contributed by atoms with E-state index >= 15 is 0 Å². The van der Waals surface area contributed by atoms with Gasteiger partial charge in [0.25, 0.3) is 0 Å². The second kappa shape index (κ2) is 2.85. The van der Waals surface area contributed by atoms with Crippen molar-refractivity contribution in [3.8, 4) is 0 Å². The van der Waals surface area contributed by atoms with Crippen LogP contribution in [0.2, 0.25) is 0 Å². The minimum atomic E-state index is 0.105. The van der Waals surface area contributed by atoms with Crippen LogP contribution in [-0.2, 0) is 0 Å². The number of hydrogen-bond acceptors (Lipinski definition) is 1. The Balaban J connectivity index is 2.20. The van der Waals surface area contributed by atoms with Crippen molar-refractivity contribution < 1.29 is 0 Å². The molecule has 1 aromatic carbocycles. The minimum Gasteiger partial charge on any atom is -0.325 e. The van der Waals surface area contributed by atoms with Crippen molar-refractivity contribution >= 4 is 0 Å². The summed E-state index contributed by atoms with van der Waals surface area (Å²) in [7, 11) is 0. The summed E-state index contributed by atoms with van der Waals surface area (Å²) in [6.45, 7) is 4.31. The lowest BCUT2D eigenvalue weighted by Crippen LogP contribution is -2.22. The number of benzene rings is 1. The van der Waals surface area contributed by atoms with Crippen LogP contribution in [-0.4, -0.2) is 5.54 Å². The third-order valence-corrected chi connectivity index (χ3v) is 3.22. The third-order valence-electron chi connectivity index (χ3n) is 3.22. The van der Waals surface area contributed by atoms with Crippen LogP contribution in [0, 0.1) is 6.92 Å². The Morgan fingerprint density at radius 3 is 2.85 bits per heavy atom. The van der Waals surface area contributed by atoms with E-state index in [2.05, 4.69) is 38.1 Å². The molecule has 0 spiro atoms. The average Bonchev–Trinajstić information content (AvgIpc) is 2.79. The van der Waals surface area contributed by atoms with Gasteiger partial charge in [0.15, 0.2) is 0 Å². The molecule has 1 aliphatic carbocycles. The largest absolute Gasteiger partial charge is 0.325 e. The van der Waals surface area contributed by atoms with Gasteiger partial charge in [-0.05, 0) is 25.3 Å². The molecule has 2 N–H and O–H groups in total. The highest BCUT2D eigenvalue weighted by atomic mass is 14.9. The van der Waals surface area contributed by atoms with E-state index in [0.717, 1.165) is 12.8 Å². The van der Waals surface area contributed by atoms with Gasteiger partial charge in [0.1, 0.15) is 0 Å². The molecular weight excluding hydrogens is 158 g/mol. The maximum Gasteiger partial charge on any atom is 0.0228 e. The first kappa shape index (κ1) is 8.76. The van der Waals surface area contributed by atoms with E-state index in [-0.39, 0.29) is 5.54 Å². The zero-order valence-corrected chi connectivity index (χ0v) is 8.38. The van der Waals surface area contributed by atoms with Crippen LogP contribution in [0.3, 0.4) is 0 Å². The second-order valence-electron chi connectivity index (χ2n) is 4.26. The third kappa shape index (κ3) is 1.49. The molecule has 2 rings (SSSR count). The Morgan fingerprint density at radius 2 is 2.31 bits per heavy atom. The summed E-state index contributed by atoms with van der Waals surface area (Å²) in [6.07, 6.45) is 2.25. The molecule has 1 saturated carbocycles. The molecule has 0 heterocycles. The van der Waals surface area contributed by atoms with E-state index in [4.69, 9.17) is 5.73 Å². The predicted octanol–water partition coefficient (Wildman–Crippen LogP) is 2.59. The monoisotopic (exact) mass is 175 g/mol. The Labute approximate surface area is 80.0 Å². The van der Waals surface area contributed by atoms with Crippen LogP contribution in [0.15, 0.2) is 24.3 Å². The fourth-order valence-electron chi connectivity index (χ4n) is 2.05. The standard InChI is InChI=1S/C12H17N/c1-3-12(13)8-11(12)10-6-4-5-9(2)7-10/h4-7,11H,3,8,13H2,1-2H3. The lowest BCUT2D eigenvalue weighted by atomic mass is 10.0. The fraction of sp³-hybridized carbons (Fsp3) is 0.500. The highest BCUT2D eigenvalue weighted by molar-refractivity contribution is 5.35. The molecule has 2 atom stereocenters. The van der Waals surface area contributed by atoms with Crippen molar-refractivity contribution in [2.24, 2.45) is 5.73 Å². The average molecular weight is 175 g/mol. The molecule has 1 aliphatic rings. The highest BCUT2D eigenvalue weighted by Gasteiger charge is 2.49. The Hall–Kier alpha value is -0.820. The first-order valence-electron chi connectivity index (χ1n) is 5.01. The SMILES string of the molecule is CCC1(N)CC1c1cccc(C)c1. The first-order valence-corrected chi connectivity index (χ1v) is 5.01. The maximum absolute atomic E-state index is 6.17. The minimum absolute atomic E-state index is 0.105. The lowest BCUT2D eigenvalue weighted by Gasteiger charge is -2.08. The molecule has 13 heavy (non-hydrogen) atoms. The van der Waals surface area contributed by atoms with E-state index < -0.39 is 0 Å². The van der Waals surface area contributed by atoms with Crippen molar-refractivity contribution in [2.45, 2.75) is 38.1 Å². The molecule has 1 aromatic rings. The Kier molecular flexibility index (Phi) is 1.92. The van der Waals surface area contributed by atoms with Crippen molar-refractivity contribution in [1.82, 2.24) is 0 Å². The van der Waals surface area contributed by atoms with Gasteiger partial charge in [-0.15, -0.1) is 0 Å². The molecule has 1 nitrogen and oxygen atoms in total. The molecular formula is C12H17N. The zero-order chi connectivity index (χ0) is 9.47. The van der Waals surface area contributed by atoms with Crippen LogP contribution in [0.1, 0.15) is 36.8 Å². The van der Waals surface area contributed by atoms with Crippen molar-refractivity contribution in [2.75, 3.05) is 0 Å². The van der Waals surface area contributed by atoms with Crippen LogP contribution in [0.5, 0.6) is 0 Å². The second-order valence-corrected chi connectivity index (χ2v) is 4.26. The van der Waals surface area contributed by atoms with Gasteiger partial charge >= 0.3 is 0 Å². The van der Waals surface area contributed by atoms with Gasteiger partial charge in [0, 0.05) is 11.5 Å². The zero-order valence-electron chi connectivity index (χ0n) is 8.38. The molecule has 1 fully saturated rings. The smallest absolute Gasteiger partial charge is 0.0228 e. The van der Waals surface area contributed by atoms with Gasteiger partial charge in [0.05, 0.1) is 0 Å². The van der Waals surface area contributed by atoms with Crippen molar-refractivity contribution in [1.29, 1.82) is 0 Å². The van der Waals surface area contributed by atoms with Gasteiger partial charge in [-0.1, -0.05) is 36.8 Å². The quantitative estimate of drug-likeness (QED) is 0.734. The van der Waals surface area contributed by atoms with Gasteiger partial charge in [-0.25, -0.2) is 0 Å². The van der Waals surface area contributed by atoms with E-state index in [1.165, 1.54) is 11.1 Å². The van der Waals surface area contributed by atoms with Crippen molar-refractivity contribution in [3.05, 3.63) is 35.4 Å². The van der Waals surface area contributed by atoms with Gasteiger partial charge in [-0.3, -0.25) is 0 Å². The number of hydrogen-bond donors (Lipinski definition) is 1. The molecule has 0 aliphatic heterocycles. The summed E-state index contributed by atoms with van der Waals surface area (Å²) in [5.74, 6) is 0.609. The number of rotatable bonds is 2. The molecule has 0 saturated heterocycles. The van der Waals surface area contributed by atoms with E-state index in [1.54, 1.807) is 0 Å². The molecule has 0 bridgehead atoms. The van der Waals surface area contributed by atoms with E-state index in [9.17, 15) is 0 Å². The van der Waals surface area contributed by atoms with Crippen LogP contribution < -0.4 is 5.73 Å². The Bertz CT molecular complexity index is 319. The van der Waals surface area contributed by atoms with E-state index in [1.807, 2.05) is 0 Å². The first-order chi connectivity index (χ1) is 6.15. The van der Waals surface area contributed by atoms with Gasteiger partial charge < -0.3 is 5.73 Å². The molecule has 0 radical (unpaired) electrons. The molecule has 70 valence electrons. The fourth-order valence-corrected chi connectivity index (χ4v) is 2.05.